The van der Waals surface area contributed by atoms with Gasteiger partial charge in [-0.3, -0.25) is 4.90 Å². The first-order valence-electron chi connectivity index (χ1n) is 7.07. The van der Waals surface area contributed by atoms with Gasteiger partial charge in [-0.25, -0.2) is 0 Å². The molecule has 19 heavy (non-hydrogen) atoms. The summed E-state index contributed by atoms with van der Waals surface area (Å²) in [7, 11) is 0. The van der Waals surface area contributed by atoms with E-state index in [1.165, 1.54) is 18.5 Å². The first-order chi connectivity index (χ1) is 9.20. The third kappa shape index (κ3) is 3.01. The molecule has 1 saturated heterocycles. The second-order valence-electron chi connectivity index (χ2n) is 5.73. The van der Waals surface area contributed by atoms with Crippen molar-refractivity contribution >= 4 is 0 Å². The molecule has 0 radical (unpaired) electrons. The number of nitrogens with zero attached hydrogens (tertiary/aromatic N) is 1. The van der Waals surface area contributed by atoms with Crippen LogP contribution in [0, 0.1) is 0 Å². The van der Waals surface area contributed by atoms with Gasteiger partial charge in [-0.15, -0.1) is 0 Å². The Balaban J connectivity index is 1.57. The van der Waals surface area contributed by atoms with Crippen molar-refractivity contribution in [1.82, 2.24) is 10.2 Å². The van der Waals surface area contributed by atoms with Crippen molar-refractivity contribution in [3.05, 3.63) is 23.8 Å². The quantitative estimate of drug-likeness (QED) is 0.899. The van der Waals surface area contributed by atoms with Crippen LogP contribution in [0.15, 0.2) is 18.2 Å². The molecule has 1 N–H and O–H groups in total. The monoisotopic (exact) mass is 262 g/mol. The van der Waals surface area contributed by atoms with E-state index in [0.717, 1.165) is 24.6 Å². The van der Waals surface area contributed by atoms with Crippen molar-refractivity contribution in [3.63, 3.8) is 0 Å². The molecule has 0 aliphatic carbocycles. The van der Waals surface area contributed by atoms with Gasteiger partial charge in [-0.2, -0.15) is 0 Å². The fourth-order valence-corrected chi connectivity index (χ4v) is 2.88. The fraction of sp³-hybridized carbons (Fsp3) is 0.600. The Bertz CT molecular complexity index is 448. The lowest BCUT2D eigenvalue weighted by atomic mass is 10.2. The minimum atomic E-state index is 0.350. The number of rotatable bonds is 4. The molecule has 0 bridgehead atoms. The second kappa shape index (κ2) is 5.39. The van der Waals surface area contributed by atoms with Crippen LogP contribution < -0.4 is 14.8 Å². The largest absolute Gasteiger partial charge is 0.454 e. The summed E-state index contributed by atoms with van der Waals surface area (Å²) in [5.74, 6) is 1.75. The van der Waals surface area contributed by atoms with E-state index in [1.54, 1.807) is 0 Å². The zero-order valence-electron chi connectivity index (χ0n) is 11.7. The summed E-state index contributed by atoms with van der Waals surface area (Å²) >= 11 is 0. The second-order valence-corrected chi connectivity index (χ2v) is 5.73. The molecule has 2 aliphatic rings. The topological polar surface area (TPSA) is 33.7 Å². The van der Waals surface area contributed by atoms with Crippen LogP contribution in [0.25, 0.3) is 0 Å². The summed E-state index contributed by atoms with van der Waals surface area (Å²) in [6, 6.07) is 7.45. The van der Waals surface area contributed by atoms with Gasteiger partial charge in [0.1, 0.15) is 0 Å². The Morgan fingerprint density at radius 1 is 1.32 bits per heavy atom. The van der Waals surface area contributed by atoms with E-state index < -0.39 is 0 Å². The molecule has 1 atom stereocenters. The minimum absolute atomic E-state index is 0.350. The lowest BCUT2D eigenvalue weighted by Gasteiger charge is -2.18. The molecule has 4 nitrogen and oxygen atoms in total. The maximum atomic E-state index is 5.42. The number of likely N-dealkylation sites (tertiary alicyclic amines) is 1. The summed E-state index contributed by atoms with van der Waals surface area (Å²) in [6.07, 6.45) is 1.24. The van der Waals surface area contributed by atoms with Gasteiger partial charge < -0.3 is 14.8 Å². The summed E-state index contributed by atoms with van der Waals surface area (Å²) in [6.45, 7) is 8.06. The summed E-state index contributed by atoms with van der Waals surface area (Å²) < 4.78 is 10.8. The number of fused-ring (bicyclic) bond motifs is 1. The average Bonchev–Trinajstić information content (AvgIpc) is 2.97. The normalized spacial score (nSPS) is 22.4. The van der Waals surface area contributed by atoms with Crippen molar-refractivity contribution in [3.8, 4) is 11.5 Å². The van der Waals surface area contributed by atoms with Gasteiger partial charge in [-0.05, 0) is 24.1 Å². The van der Waals surface area contributed by atoms with Crippen LogP contribution in [0.1, 0.15) is 25.8 Å². The molecule has 104 valence electrons. The molecule has 1 unspecified atom stereocenters. The maximum Gasteiger partial charge on any atom is 0.231 e. The molecular weight excluding hydrogens is 240 g/mol. The number of ether oxygens (including phenoxy) is 2. The number of hydrogen-bond acceptors (Lipinski definition) is 4. The standard InChI is InChI=1S/C15H22N2O2/c1-11(2)16-13-5-6-17(9-13)8-12-3-4-14-15(7-12)19-10-18-14/h3-4,7,11,13,16H,5-6,8-10H2,1-2H3. The van der Waals surface area contributed by atoms with Crippen molar-refractivity contribution in [2.75, 3.05) is 19.9 Å². The van der Waals surface area contributed by atoms with Gasteiger partial charge in [0, 0.05) is 31.7 Å². The van der Waals surface area contributed by atoms with E-state index in [9.17, 15) is 0 Å². The highest BCUT2D eigenvalue weighted by Gasteiger charge is 2.23. The van der Waals surface area contributed by atoms with Gasteiger partial charge in [0.25, 0.3) is 0 Å². The van der Waals surface area contributed by atoms with E-state index in [4.69, 9.17) is 9.47 Å². The van der Waals surface area contributed by atoms with Gasteiger partial charge in [0.05, 0.1) is 0 Å². The molecule has 0 saturated carbocycles. The SMILES string of the molecule is CC(C)NC1CCN(Cc2ccc3c(c2)OCO3)C1. The summed E-state index contributed by atoms with van der Waals surface area (Å²) in [4.78, 5) is 2.50. The molecule has 2 aliphatic heterocycles. The molecule has 3 rings (SSSR count). The molecule has 0 aromatic heterocycles. The number of hydrogen-bond donors (Lipinski definition) is 1. The lowest BCUT2D eigenvalue weighted by molar-refractivity contribution is 0.174. The molecule has 0 spiro atoms. The van der Waals surface area contributed by atoms with Gasteiger partial charge in [-0.1, -0.05) is 19.9 Å². The number of benzene rings is 1. The van der Waals surface area contributed by atoms with E-state index in [-0.39, 0.29) is 0 Å². The summed E-state index contributed by atoms with van der Waals surface area (Å²) in [5, 5.41) is 3.61. The van der Waals surface area contributed by atoms with Crippen LogP contribution in [0.2, 0.25) is 0 Å². The smallest absolute Gasteiger partial charge is 0.231 e. The van der Waals surface area contributed by atoms with Crippen LogP contribution in [-0.2, 0) is 6.54 Å². The third-order valence-corrected chi connectivity index (χ3v) is 3.68. The lowest BCUT2D eigenvalue weighted by Crippen LogP contribution is -2.36. The predicted octanol–water partition coefficient (Wildman–Crippen LogP) is 1.99. The van der Waals surface area contributed by atoms with E-state index in [1.807, 2.05) is 6.07 Å². The zero-order valence-corrected chi connectivity index (χ0v) is 11.7. The average molecular weight is 262 g/mol. The Kier molecular flexibility index (Phi) is 3.62. The maximum absolute atomic E-state index is 5.42. The molecule has 1 fully saturated rings. The predicted molar refractivity (Wildman–Crippen MR) is 74.5 cm³/mol. The van der Waals surface area contributed by atoms with Crippen LogP contribution in [0.3, 0.4) is 0 Å². The van der Waals surface area contributed by atoms with Crippen LogP contribution >= 0.6 is 0 Å². The number of nitrogens with one attached hydrogen (secondary N) is 1. The summed E-state index contributed by atoms with van der Waals surface area (Å²) in [5.41, 5.74) is 1.30. The van der Waals surface area contributed by atoms with Gasteiger partial charge >= 0.3 is 0 Å². The van der Waals surface area contributed by atoms with Crippen molar-refractivity contribution in [1.29, 1.82) is 0 Å². The zero-order chi connectivity index (χ0) is 13.2. The van der Waals surface area contributed by atoms with Crippen molar-refractivity contribution < 1.29 is 9.47 Å². The Morgan fingerprint density at radius 3 is 3.00 bits per heavy atom. The van der Waals surface area contributed by atoms with Crippen LogP contribution in [0.5, 0.6) is 11.5 Å². The third-order valence-electron chi connectivity index (χ3n) is 3.68. The van der Waals surface area contributed by atoms with Crippen molar-refractivity contribution in [2.45, 2.75) is 38.9 Å². The van der Waals surface area contributed by atoms with Crippen LogP contribution in [-0.4, -0.2) is 36.9 Å². The minimum Gasteiger partial charge on any atom is -0.454 e. The molecule has 4 heteroatoms. The first-order valence-corrected chi connectivity index (χ1v) is 7.07. The van der Waals surface area contributed by atoms with Gasteiger partial charge in [0.2, 0.25) is 6.79 Å². The van der Waals surface area contributed by atoms with E-state index in [2.05, 4.69) is 36.2 Å². The fourth-order valence-electron chi connectivity index (χ4n) is 2.88. The van der Waals surface area contributed by atoms with E-state index in [0.29, 0.717) is 18.9 Å². The Labute approximate surface area is 114 Å². The molecule has 2 heterocycles. The highest BCUT2D eigenvalue weighted by atomic mass is 16.7. The van der Waals surface area contributed by atoms with Crippen LogP contribution in [0.4, 0.5) is 0 Å². The molecule has 1 aromatic carbocycles. The first kappa shape index (κ1) is 12.8. The van der Waals surface area contributed by atoms with Gasteiger partial charge in [0.15, 0.2) is 11.5 Å². The van der Waals surface area contributed by atoms with Crippen molar-refractivity contribution in [2.24, 2.45) is 0 Å². The molecule has 1 aromatic rings. The molecular formula is C15H22N2O2. The molecule has 0 amide bonds. The Morgan fingerprint density at radius 2 is 2.16 bits per heavy atom. The highest BCUT2D eigenvalue weighted by Crippen LogP contribution is 2.33. The Hall–Kier alpha value is -1.26. The van der Waals surface area contributed by atoms with E-state index >= 15 is 0 Å². The highest BCUT2D eigenvalue weighted by molar-refractivity contribution is 5.44.